The van der Waals surface area contributed by atoms with Gasteiger partial charge in [0.15, 0.2) is 11.5 Å². The van der Waals surface area contributed by atoms with Gasteiger partial charge in [0.05, 0.1) is 26.2 Å². The number of halogens is 1. The van der Waals surface area contributed by atoms with E-state index in [1.54, 1.807) is 44.6 Å². The Morgan fingerprint density at radius 3 is 2.47 bits per heavy atom. The van der Waals surface area contributed by atoms with Crippen molar-refractivity contribution in [2.75, 3.05) is 14.2 Å². The summed E-state index contributed by atoms with van der Waals surface area (Å²) in [4.78, 5) is 30.6. The van der Waals surface area contributed by atoms with Gasteiger partial charge >= 0.3 is 5.69 Å². The molecule has 0 bridgehead atoms. The number of pyridine rings is 1. The van der Waals surface area contributed by atoms with Crippen molar-refractivity contribution in [3.05, 3.63) is 98.6 Å². The van der Waals surface area contributed by atoms with Crippen LogP contribution in [-0.4, -0.2) is 28.3 Å². The average molecular weight is 435 g/mol. The van der Waals surface area contributed by atoms with Crippen molar-refractivity contribution < 1.29 is 13.9 Å². The first-order chi connectivity index (χ1) is 15.5. The van der Waals surface area contributed by atoms with Gasteiger partial charge in [-0.25, -0.2) is 14.2 Å². The first-order valence-corrected chi connectivity index (χ1v) is 10.1. The number of methoxy groups -OCH3 is 2. The minimum Gasteiger partial charge on any atom is -0.493 e. The van der Waals surface area contributed by atoms with E-state index in [1.165, 1.54) is 27.5 Å². The summed E-state index contributed by atoms with van der Waals surface area (Å²) in [6, 6.07) is 14.8. The first-order valence-electron chi connectivity index (χ1n) is 10.1. The molecule has 0 N–H and O–H groups in total. The molecule has 2 aromatic heterocycles. The van der Waals surface area contributed by atoms with E-state index in [0.29, 0.717) is 28.9 Å². The second-order valence-corrected chi connectivity index (χ2v) is 7.27. The molecular weight excluding hydrogens is 413 g/mol. The lowest BCUT2D eigenvalue weighted by Crippen LogP contribution is -2.41. The largest absolute Gasteiger partial charge is 0.493 e. The van der Waals surface area contributed by atoms with Crippen molar-refractivity contribution in [1.82, 2.24) is 14.1 Å². The molecule has 0 fully saturated rings. The molecule has 2 heterocycles. The molecule has 7 nitrogen and oxygen atoms in total. The molecule has 0 saturated carbocycles. The van der Waals surface area contributed by atoms with E-state index in [-0.39, 0.29) is 18.7 Å². The quantitative estimate of drug-likeness (QED) is 0.446. The molecule has 0 atom stereocenters. The number of fused-ring (bicyclic) bond motifs is 1. The van der Waals surface area contributed by atoms with Crippen molar-refractivity contribution in [3.63, 3.8) is 0 Å². The van der Waals surface area contributed by atoms with Crippen LogP contribution in [0.5, 0.6) is 11.5 Å². The highest BCUT2D eigenvalue weighted by molar-refractivity contribution is 5.73. The van der Waals surface area contributed by atoms with Gasteiger partial charge in [-0.3, -0.25) is 13.9 Å². The zero-order valence-electron chi connectivity index (χ0n) is 17.7. The molecule has 0 aliphatic heterocycles. The number of ether oxygens (including phenoxy) is 2. The SMILES string of the molecule is COc1ccc(CCn2c(=O)c3cccnc3n(Cc3cccc(F)c3)c2=O)cc1OC. The zero-order chi connectivity index (χ0) is 22.7. The highest BCUT2D eigenvalue weighted by atomic mass is 19.1. The summed E-state index contributed by atoms with van der Waals surface area (Å²) in [6.07, 6.45) is 1.96. The topological polar surface area (TPSA) is 75.4 Å². The highest BCUT2D eigenvalue weighted by Crippen LogP contribution is 2.27. The van der Waals surface area contributed by atoms with Crippen molar-refractivity contribution in [3.8, 4) is 11.5 Å². The van der Waals surface area contributed by atoms with E-state index in [0.717, 1.165) is 5.56 Å². The minimum atomic E-state index is -0.495. The van der Waals surface area contributed by atoms with Crippen molar-refractivity contribution in [2.45, 2.75) is 19.5 Å². The lowest BCUT2D eigenvalue weighted by Gasteiger charge is -2.14. The van der Waals surface area contributed by atoms with Crippen LogP contribution in [0.25, 0.3) is 11.0 Å². The van der Waals surface area contributed by atoms with Gasteiger partial charge in [0, 0.05) is 12.7 Å². The van der Waals surface area contributed by atoms with Crippen LogP contribution in [0.3, 0.4) is 0 Å². The molecule has 32 heavy (non-hydrogen) atoms. The fourth-order valence-electron chi connectivity index (χ4n) is 3.68. The van der Waals surface area contributed by atoms with Crippen molar-refractivity contribution >= 4 is 11.0 Å². The van der Waals surface area contributed by atoms with Crippen molar-refractivity contribution in [1.29, 1.82) is 0 Å². The summed E-state index contributed by atoms with van der Waals surface area (Å²) in [5.41, 5.74) is 0.857. The molecule has 0 unspecified atom stereocenters. The minimum absolute atomic E-state index is 0.0980. The van der Waals surface area contributed by atoms with E-state index in [9.17, 15) is 14.0 Å². The fraction of sp³-hybridized carbons (Fsp3) is 0.208. The van der Waals surface area contributed by atoms with E-state index in [2.05, 4.69) is 4.98 Å². The number of nitrogens with zero attached hydrogens (tertiary/aromatic N) is 3. The van der Waals surface area contributed by atoms with E-state index >= 15 is 0 Å². The summed E-state index contributed by atoms with van der Waals surface area (Å²) in [5, 5.41) is 0.329. The molecule has 0 saturated heterocycles. The third kappa shape index (κ3) is 4.12. The lowest BCUT2D eigenvalue weighted by molar-refractivity contribution is 0.354. The lowest BCUT2D eigenvalue weighted by atomic mass is 10.1. The van der Waals surface area contributed by atoms with Gasteiger partial charge < -0.3 is 9.47 Å². The summed E-state index contributed by atoms with van der Waals surface area (Å²) in [5.74, 6) is 0.779. The van der Waals surface area contributed by atoms with Crippen LogP contribution in [-0.2, 0) is 19.5 Å². The predicted octanol–water partition coefficient (Wildman–Crippen LogP) is 3.01. The first kappa shape index (κ1) is 21.3. The van der Waals surface area contributed by atoms with Crippen LogP contribution >= 0.6 is 0 Å². The standard InChI is InChI=1S/C24H22FN3O4/c1-31-20-9-8-16(14-21(20)32-2)10-12-27-23(29)19-7-4-11-26-22(19)28(24(27)30)15-17-5-3-6-18(25)13-17/h3-9,11,13-14H,10,12,15H2,1-2H3. The van der Waals surface area contributed by atoms with Gasteiger partial charge in [0.1, 0.15) is 11.5 Å². The molecule has 0 aliphatic carbocycles. The number of rotatable bonds is 7. The third-order valence-electron chi connectivity index (χ3n) is 5.28. The summed E-state index contributed by atoms with van der Waals surface area (Å²) < 4.78 is 26.9. The smallest absolute Gasteiger partial charge is 0.332 e. The summed E-state index contributed by atoms with van der Waals surface area (Å²) in [7, 11) is 3.11. The number of aryl methyl sites for hydroxylation is 1. The molecule has 0 amide bonds. The molecule has 4 aromatic rings. The normalized spacial score (nSPS) is 11.0. The zero-order valence-corrected chi connectivity index (χ0v) is 17.7. The monoisotopic (exact) mass is 435 g/mol. The third-order valence-corrected chi connectivity index (χ3v) is 5.28. The van der Waals surface area contributed by atoms with Crippen LogP contribution in [0.1, 0.15) is 11.1 Å². The molecule has 2 aromatic carbocycles. The van der Waals surface area contributed by atoms with Gasteiger partial charge in [-0.1, -0.05) is 18.2 Å². The van der Waals surface area contributed by atoms with Crippen LogP contribution in [0, 0.1) is 5.82 Å². The molecular formula is C24H22FN3O4. The Morgan fingerprint density at radius 1 is 0.906 bits per heavy atom. The van der Waals surface area contributed by atoms with E-state index in [4.69, 9.17) is 9.47 Å². The van der Waals surface area contributed by atoms with E-state index < -0.39 is 17.1 Å². The Kier molecular flexibility index (Phi) is 6.02. The highest BCUT2D eigenvalue weighted by Gasteiger charge is 2.15. The second kappa shape index (κ2) is 9.05. The molecule has 0 radical (unpaired) electrons. The maximum absolute atomic E-state index is 13.7. The van der Waals surface area contributed by atoms with Crippen LogP contribution in [0.4, 0.5) is 4.39 Å². The Hall–Kier alpha value is -3.94. The maximum atomic E-state index is 13.7. The Balaban J connectivity index is 1.75. The molecule has 164 valence electrons. The van der Waals surface area contributed by atoms with Gasteiger partial charge in [0.25, 0.3) is 5.56 Å². The second-order valence-electron chi connectivity index (χ2n) is 7.27. The van der Waals surface area contributed by atoms with Crippen LogP contribution in [0.2, 0.25) is 0 Å². The molecule has 0 spiro atoms. The summed E-state index contributed by atoms with van der Waals surface area (Å²) in [6.45, 7) is 0.266. The molecule has 4 rings (SSSR count). The van der Waals surface area contributed by atoms with Gasteiger partial charge in [-0.2, -0.15) is 0 Å². The molecule has 8 heteroatoms. The van der Waals surface area contributed by atoms with Gasteiger partial charge in [0.2, 0.25) is 0 Å². The summed E-state index contributed by atoms with van der Waals surface area (Å²) >= 11 is 0. The Morgan fingerprint density at radius 2 is 1.72 bits per heavy atom. The molecule has 0 aliphatic rings. The van der Waals surface area contributed by atoms with Gasteiger partial charge in [-0.05, 0) is 53.9 Å². The number of hydrogen-bond acceptors (Lipinski definition) is 5. The fourth-order valence-corrected chi connectivity index (χ4v) is 3.68. The average Bonchev–Trinajstić information content (AvgIpc) is 2.81. The Bertz CT molecular complexity index is 1390. The van der Waals surface area contributed by atoms with Crippen molar-refractivity contribution in [2.24, 2.45) is 0 Å². The maximum Gasteiger partial charge on any atom is 0.332 e. The van der Waals surface area contributed by atoms with Gasteiger partial charge in [-0.15, -0.1) is 0 Å². The number of benzene rings is 2. The van der Waals surface area contributed by atoms with E-state index in [1.807, 2.05) is 12.1 Å². The van der Waals surface area contributed by atoms with Crippen LogP contribution < -0.4 is 20.7 Å². The predicted molar refractivity (Wildman–Crippen MR) is 119 cm³/mol. The number of hydrogen-bond donors (Lipinski definition) is 0. The van der Waals surface area contributed by atoms with Crippen LogP contribution in [0.15, 0.2) is 70.4 Å². The number of aromatic nitrogens is 3. The Labute approximate surface area is 183 Å².